The molecule has 0 aromatic heterocycles. The van der Waals surface area contributed by atoms with Crippen molar-refractivity contribution in [2.45, 2.75) is 13.8 Å². The van der Waals surface area contributed by atoms with Gasteiger partial charge in [0.2, 0.25) is 0 Å². The summed E-state index contributed by atoms with van der Waals surface area (Å²) in [6.45, 7) is 7.84. The quantitative estimate of drug-likeness (QED) is 0.663. The maximum absolute atomic E-state index is 5.38. The molecule has 2 aromatic carbocycles. The zero-order valence-electron chi connectivity index (χ0n) is 9.08. The molecule has 2 rings (SSSR count). The highest BCUT2D eigenvalue weighted by atomic mass is 16.5. The Bertz CT molecular complexity index is 512. The molecular weight excluding hydrogens is 184 g/mol. The van der Waals surface area contributed by atoms with Crippen LogP contribution >= 0.6 is 0 Å². The summed E-state index contributed by atoms with van der Waals surface area (Å²) < 4.78 is 5.38. The van der Waals surface area contributed by atoms with E-state index in [2.05, 4.69) is 38.6 Å². The Morgan fingerprint density at radius 3 is 2.60 bits per heavy atom. The molecule has 0 spiro atoms. The number of aryl methyl sites for hydroxylation is 2. The molecule has 2 aromatic rings. The molecule has 0 aliphatic heterocycles. The third kappa shape index (κ3) is 1.61. The van der Waals surface area contributed by atoms with E-state index in [0.29, 0.717) is 0 Å². The molecule has 1 heteroatoms. The monoisotopic (exact) mass is 198 g/mol. The van der Waals surface area contributed by atoms with Crippen LogP contribution in [0.25, 0.3) is 10.8 Å². The third-order valence-corrected chi connectivity index (χ3v) is 2.77. The third-order valence-electron chi connectivity index (χ3n) is 2.77. The molecule has 0 bridgehead atoms. The molecule has 0 fully saturated rings. The van der Waals surface area contributed by atoms with E-state index in [4.69, 9.17) is 4.74 Å². The van der Waals surface area contributed by atoms with Crippen molar-refractivity contribution in [2.75, 3.05) is 0 Å². The Labute approximate surface area is 90.0 Å². The van der Waals surface area contributed by atoms with Gasteiger partial charge >= 0.3 is 0 Å². The summed E-state index contributed by atoms with van der Waals surface area (Å²) in [6, 6.07) is 10.3. The van der Waals surface area contributed by atoms with Crippen LogP contribution in [0, 0.1) is 13.8 Å². The Balaban J connectivity index is 2.77. The van der Waals surface area contributed by atoms with Crippen molar-refractivity contribution in [3.05, 3.63) is 54.3 Å². The standard InChI is InChI=1S/C14H14O/c1-4-15-14-7-5-6-12-11(3)10(2)8-9-13(12)14/h4-9H,1H2,2-3H3. The summed E-state index contributed by atoms with van der Waals surface area (Å²) in [5.74, 6) is 0.866. The summed E-state index contributed by atoms with van der Waals surface area (Å²) in [4.78, 5) is 0. The average molecular weight is 198 g/mol. The Kier molecular flexibility index (Phi) is 2.46. The number of rotatable bonds is 2. The van der Waals surface area contributed by atoms with Crippen molar-refractivity contribution >= 4 is 10.8 Å². The van der Waals surface area contributed by atoms with Gasteiger partial charge in [-0.1, -0.05) is 30.8 Å². The van der Waals surface area contributed by atoms with Crippen LogP contribution < -0.4 is 4.74 Å². The van der Waals surface area contributed by atoms with Gasteiger partial charge in [0.15, 0.2) is 0 Å². The summed E-state index contributed by atoms with van der Waals surface area (Å²) in [6.07, 6.45) is 1.46. The Morgan fingerprint density at radius 2 is 1.87 bits per heavy atom. The Morgan fingerprint density at radius 1 is 1.07 bits per heavy atom. The van der Waals surface area contributed by atoms with E-state index in [1.807, 2.05) is 12.1 Å². The number of hydrogen-bond donors (Lipinski definition) is 0. The van der Waals surface area contributed by atoms with Crippen LogP contribution in [-0.2, 0) is 0 Å². The normalized spacial score (nSPS) is 10.3. The average Bonchev–Trinajstić information content (AvgIpc) is 2.25. The van der Waals surface area contributed by atoms with E-state index < -0.39 is 0 Å². The van der Waals surface area contributed by atoms with Gasteiger partial charge < -0.3 is 4.74 Å². The van der Waals surface area contributed by atoms with Gasteiger partial charge in [0.05, 0.1) is 6.26 Å². The molecule has 15 heavy (non-hydrogen) atoms. The van der Waals surface area contributed by atoms with Crippen molar-refractivity contribution in [1.29, 1.82) is 0 Å². The summed E-state index contributed by atoms with van der Waals surface area (Å²) in [5.41, 5.74) is 2.61. The first-order chi connectivity index (χ1) is 7.24. The first-order valence-corrected chi connectivity index (χ1v) is 5.00. The largest absolute Gasteiger partial charge is 0.465 e. The number of benzene rings is 2. The van der Waals surface area contributed by atoms with E-state index in [1.165, 1.54) is 22.8 Å². The minimum atomic E-state index is 0.866. The summed E-state index contributed by atoms with van der Waals surface area (Å²) in [7, 11) is 0. The van der Waals surface area contributed by atoms with Crippen LogP contribution in [0.3, 0.4) is 0 Å². The lowest BCUT2D eigenvalue weighted by atomic mass is 10.0. The zero-order chi connectivity index (χ0) is 10.8. The maximum atomic E-state index is 5.38. The lowest BCUT2D eigenvalue weighted by Crippen LogP contribution is -1.87. The van der Waals surface area contributed by atoms with Crippen LogP contribution in [0.2, 0.25) is 0 Å². The fourth-order valence-electron chi connectivity index (χ4n) is 1.78. The highest BCUT2D eigenvalue weighted by Gasteiger charge is 2.04. The van der Waals surface area contributed by atoms with Gasteiger partial charge in [-0.3, -0.25) is 0 Å². The smallest absolute Gasteiger partial charge is 0.134 e. The summed E-state index contributed by atoms with van der Waals surface area (Å²) >= 11 is 0. The van der Waals surface area contributed by atoms with Crippen molar-refractivity contribution < 1.29 is 4.74 Å². The van der Waals surface area contributed by atoms with E-state index in [1.54, 1.807) is 0 Å². The molecule has 0 atom stereocenters. The predicted molar refractivity (Wildman–Crippen MR) is 64.2 cm³/mol. The van der Waals surface area contributed by atoms with Gasteiger partial charge in [-0.25, -0.2) is 0 Å². The van der Waals surface area contributed by atoms with Crippen molar-refractivity contribution in [3.8, 4) is 5.75 Å². The first-order valence-electron chi connectivity index (χ1n) is 5.00. The first kappa shape index (κ1) is 9.78. The molecule has 0 heterocycles. The zero-order valence-corrected chi connectivity index (χ0v) is 9.08. The number of hydrogen-bond acceptors (Lipinski definition) is 1. The van der Waals surface area contributed by atoms with Crippen molar-refractivity contribution in [3.63, 3.8) is 0 Å². The molecule has 0 amide bonds. The van der Waals surface area contributed by atoms with Crippen LogP contribution in [0.5, 0.6) is 5.75 Å². The van der Waals surface area contributed by atoms with Crippen LogP contribution in [0.15, 0.2) is 43.2 Å². The van der Waals surface area contributed by atoms with Gasteiger partial charge in [-0.15, -0.1) is 0 Å². The van der Waals surface area contributed by atoms with Crippen molar-refractivity contribution in [1.82, 2.24) is 0 Å². The molecule has 0 aliphatic rings. The highest BCUT2D eigenvalue weighted by molar-refractivity contribution is 5.91. The number of ether oxygens (including phenoxy) is 1. The molecular formula is C14H14O. The van der Waals surface area contributed by atoms with Crippen LogP contribution in [0.1, 0.15) is 11.1 Å². The number of fused-ring (bicyclic) bond motifs is 1. The fraction of sp³-hybridized carbons (Fsp3) is 0.143. The van der Waals surface area contributed by atoms with Gasteiger partial charge in [-0.05, 0) is 36.4 Å². The second kappa shape index (κ2) is 3.77. The predicted octanol–water partition coefficient (Wildman–Crippen LogP) is 3.98. The van der Waals surface area contributed by atoms with Crippen LogP contribution in [-0.4, -0.2) is 0 Å². The lowest BCUT2D eigenvalue weighted by molar-refractivity contribution is 0.489. The minimum Gasteiger partial charge on any atom is -0.465 e. The molecule has 0 aliphatic carbocycles. The maximum Gasteiger partial charge on any atom is 0.134 e. The van der Waals surface area contributed by atoms with Gasteiger partial charge in [0.25, 0.3) is 0 Å². The lowest BCUT2D eigenvalue weighted by Gasteiger charge is -2.09. The van der Waals surface area contributed by atoms with Gasteiger partial charge in [-0.2, -0.15) is 0 Å². The summed E-state index contributed by atoms with van der Waals surface area (Å²) in [5, 5.41) is 2.38. The Hall–Kier alpha value is -1.76. The molecule has 0 saturated carbocycles. The second-order valence-electron chi connectivity index (χ2n) is 3.64. The molecule has 1 nitrogen and oxygen atoms in total. The van der Waals surface area contributed by atoms with Gasteiger partial charge in [0, 0.05) is 5.39 Å². The molecule has 0 radical (unpaired) electrons. The second-order valence-corrected chi connectivity index (χ2v) is 3.64. The molecule has 0 unspecified atom stereocenters. The van der Waals surface area contributed by atoms with Crippen LogP contribution in [0.4, 0.5) is 0 Å². The van der Waals surface area contributed by atoms with Gasteiger partial charge in [0.1, 0.15) is 5.75 Å². The SMILES string of the molecule is C=COc1cccc2c(C)c(C)ccc12. The van der Waals surface area contributed by atoms with Crippen molar-refractivity contribution in [2.24, 2.45) is 0 Å². The van der Waals surface area contributed by atoms with E-state index in [-0.39, 0.29) is 0 Å². The minimum absolute atomic E-state index is 0.866. The molecule has 0 N–H and O–H groups in total. The van der Waals surface area contributed by atoms with E-state index >= 15 is 0 Å². The molecule has 76 valence electrons. The molecule has 0 saturated heterocycles. The fourth-order valence-corrected chi connectivity index (χ4v) is 1.78. The highest BCUT2D eigenvalue weighted by Crippen LogP contribution is 2.29. The van der Waals surface area contributed by atoms with E-state index in [0.717, 1.165) is 11.1 Å². The van der Waals surface area contributed by atoms with E-state index in [9.17, 15) is 0 Å². The topological polar surface area (TPSA) is 9.23 Å².